The first kappa shape index (κ1) is 20.4. The van der Waals surface area contributed by atoms with Crippen LogP contribution >= 0.6 is 0 Å². The van der Waals surface area contributed by atoms with Gasteiger partial charge in [0.05, 0.1) is 18.8 Å². The van der Waals surface area contributed by atoms with Gasteiger partial charge in [0.25, 0.3) is 0 Å². The molecule has 2 aromatic carbocycles. The highest BCUT2D eigenvalue weighted by Gasteiger charge is 2.08. The number of guanidine groups is 1. The third-order valence-electron chi connectivity index (χ3n) is 4.27. The molecule has 0 atom stereocenters. The molecule has 1 aromatic heterocycles. The van der Waals surface area contributed by atoms with Crippen LogP contribution in [0, 0.1) is 12.7 Å². The Balaban J connectivity index is 1.53. The fraction of sp³-hybridized carbons (Fsp3) is 0.273. The molecule has 3 aromatic rings. The van der Waals surface area contributed by atoms with Crippen LogP contribution in [-0.4, -0.2) is 24.6 Å². The van der Waals surface area contributed by atoms with E-state index in [-0.39, 0.29) is 11.6 Å². The molecule has 3 rings (SSSR count). The summed E-state index contributed by atoms with van der Waals surface area (Å²) < 4.78 is 24.7. The maximum absolute atomic E-state index is 14.0. The summed E-state index contributed by atoms with van der Waals surface area (Å²) in [5, 5.41) is 6.33. The van der Waals surface area contributed by atoms with Crippen molar-refractivity contribution in [2.75, 3.05) is 13.7 Å². The number of ether oxygens (including phenoxy) is 1. The average molecular weight is 396 g/mol. The Labute approximate surface area is 169 Å². The standard InChI is InChI=1S/C22H25FN4O2/c1-4-28-20-10-7-16(11-19(20)23)12-25-22(24-3)26-13-18-14-29-21(27-18)17-8-5-15(2)6-9-17/h5-11,14H,4,12-13H2,1-3H3,(H2,24,25,26). The van der Waals surface area contributed by atoms with E-state index < -0.39 is 0 Å². The van der Waals surface area contributed by atoms with Crippen molar-refractivity contribution >= 4 is 5.96 Å². The number of hydrogen-bond donors (Lipinski definition) is 2. The predicted octanol–water partition coefficient (Wildman–Crippen LogP) is 4.05. The van der Waals surface area contributed by atoms with Crippen molar-refractivity contribution in [3.63, 3.8) is 0 Å². The zero-order valence-corrected chi connectivity index (χ0v) is 16.8. The third kappa shape index (κ3) is 5.57. The second kappa shape index (κ2) is 9.73. The van der Waals surface area contributed by atoms with E-state index in [4.69, 9.17) is 9.15 Å². The summed E-state index contributed by atoms with van der Waals surface area (Å²) in [5.41, 5.74) is 3.67. The largest absolute Gasteiger partial charge is 0.491 e. The number of halogens is 1. The lowest BCUT2D eigenvalue weighted by Gasteiger charge is -2.12. The first-order valence-electron chi connectivity index (χ1n) is 9.46. The molecule has 1 heterocycles. The molecule has 2 N–H and O–H groups in total. The van der Waals surface area contributed by atoms with Gasteiger partial charge in [-0.25, -0.2) is 9.37 Å². The lowest BCUT2D eigenvalue weighted by Crippen LogP contribution is -2.36. The minimum atomic E-state index is -0.375. The molecule has 0 saturated heterocycles. The molecule has 0 spiro atoms. The van der Waals surface area contributed by atoms with Crippen LogP contribution in [0.15, 0.2) is 58.1 Å². The lowest BCUT2D eigenvalue weighted by molar-refractivity contribution is 0.321. The Kier molecular flexibility index (Phi) is 6.84. The number of benzene rings is 2. The quantitative estimate of drug-likeness (QED) is 0.466. The summed E-state index contributed by atoms with van der Waals surface area (Å²) >= 11 is 0. The van der Waals surface area contributed by atoms with Gasteiger partial charge in [-0.05, 0) is 43.7 Å². The van der Waals surface area contributed by atoms with Gasteiger partial charge < -0.3 is 19.8 Å². The number of hydrogen-bond acceptors (Lipinski definition) is 4. The van der Waals surface area contributed by atoms with Crippen LogP contribution in [0.25, 0.3) is 11.5 Å². The Morgan fingerprint density at radius 3 is 2.59 bits per heavy atom. The predicted molar refractivity (Wildman–Crippen MR) is 111 cm³/mol. The smallest absolute Gasteiger partial charge is 0.226 e. The van der Waals surface area contributed by atoms with E-state index in [1.54, 1.807) is 19.4 Å². The van der Waals surface area contributed by atoms with Gasteiger partial charge in [0.2, 0.25) is 5.89 Å². The lowest BCUT2D eigenvalue weighted by atomic mass is 10.1. The number of nitrogens with one attached hydrogen (secondary N) is 2. The van der Waals surface area contributed by atoms with Crippen molar-refractivity contribution in [3.05, 3.63) is 71.4 Å². The molecule has 29 heavy (non-hydrogen) atoms. The number of aliphatic imine (C=N–C) groups is 1. The monoisotopic (exact) mass is 396 g/mol. The topological polar surface area (TPSA) is 71.7 Å². The van der Waals surface area contributed by atoms with Crippen molar-refractivity contribution < 1.29 is 13.5 Å². The van der Waals surface area contributed by atoms with Crippen molar-refractivity contribution in [2.24, 2.45) is 4.99 Å². The van der Waals surface area contributed by atoms with E-state index in [0.29, 0.717) is 31.5 Å². The van der Waals surface area contributed by atoms with Crippen LogP contribution in [-0.2, 0) is 13.1 Å². The normalized spacial score (nSPS) is 11.4. The van der Waals surface area contributed by atoms with Gasteiger partial charge in [-0.1, -0.05) is 23.8 Å². The van der Waals surface area contributed by atoms with Crippen LogP contribution < -0.4 is 15.4 Å². The van der Waals surface area contributed by atoms with Gasteiger partial charge >= 0.3 is 0 Å². The Bertz CT molecular complexity index is 967. The molecular weight excluding hydrogens is 371 g/mol. The van der Waals surface area contributed by atoms with E-state index >= 15 is 0 Å². The van der Waals surface area contributed by atoms with Gasteiger partial charge in [-0.2, -0.15) is 0 Å². The summed E-state index contributed by atoms with van der Waals surface area (Å²) in [4.78, 5) is 8.68. The fourth-order valence-corrected chi connectivity index (χ4v) is 2.72. The van der Waals surface area contributed by atoms with Crippen molar-refractivity contribution in [2.45, 2.75) is 26.9 Å². The van der Waals surface area contributed by atoms with Gasteiger partial charge in [-0.3, -0.25) is 4.99 Å². The molecule has 0 unspecified atom stereocenters. The highest BCUT2D eigenvalue weighted by molar-refractivity contribution is 5.79. The SMILES string of the molecule is CCOc1ccc(CNC(=NC)NCc2coc(-c3ccc(C)cc3)n2)cc1F. The molecule has 0 aliphatic rings. The second-order valence-electron chi connectivity index (χ2n) is 6.49. The van der Waals surface area contributed by atoms with E-state index in [1.165, 1.54) is 11.6 Å². The summed E-state index contributed by atoms with van der Waals surface area (Å²) in [5.74, 6) is 1.04. The number of nitrogens with zero attached hydrogens (tertiary/aromatic N) is 2. The fourth-order valence-electron chi connectivity index (χ4n) is 2.72. The van der Waals surface area contributed by atoms with Crippen LogP contribution in [0.3, 0.4) is 0 Å². The molecule has 7 heteroatoms. The zero-order chi connectivity index (χ0) is 20.6. The molecule has 0 amide bonds. The molecule has 0 saturated carbocycles. The van der Waals surface area contributed by atoms with Crippen LogP contribution in [0.1, 0.15) is 23.7 Å². The minimum absolute atomic E-state index is 0.258. The highest BCUT2D eigenvalue weighted by Crippen LogP contribution is 2.19. The summed E-state index contributed by atoms with van der Waals surface area (Å²) in [6.45, 7) is 5.17. The molecule has 152 valence electrons. The Morgan fingerprint density at radius 2 is 1.90 bits per heavy atom. The molecular formula is C22H25FN4O2. The van der Waals surface area contributed by atoms with Crippen LogP contribution in [0.2, 0.25) is 0 Å². The Hall–Kier alpha value is -3.35. The first-order valence-corrected chi connectivity index (χ1v) is 9.46. The van der Waals surface area contributed by atoms with Gasteiger partial charge in [0.1, 0.15) is 6.26 Å². The Morgan fingerprint density at radius 1 is 1.14 bits per heavy atom. The van der Waals surface area contributed by atoms with Crippen molar-refractivity contribution in [1.82, 2.24) is 15.6 Å². The number of oxazole rings is 1. The van der Waals surface area contributed by atoms with Crippen LogP contribution in [0.4, 0.5) is 4.39 Å². The summed E-state index contributed by atoms with van der Waals surface area (Å²) in [7, 11) is 1.68. The maximum atomic E-state index is 14.0. The maximum Gasteiger partial charge on any atom is 0.226 e. The van der Waals surface area contributed by atoms with Crippen LogP contribution in [0.5, 0.6) is 5.75 Å². The number of rotatable bonds is 7. The molecule has 0 radical (unpaired) electrons. The van der Waals surface area contributed by atoms with E-state index in [1.807, 2.05) is 44.2 Å². The number of aryl methyl sites for hydroxylation is 1. The average Bonchev–Trinajstić information content (AvgIpc) is 3.20. The highest BCUT2D eigenvalue weighted by atomic mass is 19.1. The first-order chi connectivity index (χ1) is 14.1. The molecule has 0 aliphatic heterocycles. The van der Waals surface area contributed by atoms with E-state index in [2.05, 4.69) is 20.6 Å². The molecule has 6 nitrogen and oxygen atoms in total. The number of aromatic nitrogens is 1. The molecule has 0 aliphatic carbocycles. The zero-order valence-electron chi connectivity index (χ0n) is 16.8. The van der Waals surface area contributed by atoms with Crippen molar-refractivity contribution in [3.8, 4) is 17.2 Å². The van der Waals surface area contributed by atoms with Gasteiger partial charge in [0.15, 0.2) is 17.5 Å². The van der Waals surface area contributed by atoms with Gasteiger partial charge in [-0.15, -0.1) is 0 Å². The van der Waals surface area contributed by atoms with Crippen molar-refractivity contribution in [1.29, 1.82) is 0 Å². The third-order valence-corrected chi connectivity index (χ3v) is 4.27. The van der Waals surface area contributed by atoms with E-state index in [9.17, 15) is 4.39 Å². The summed E-state index contributed by atoms with van der Waals surface area (Å²) in [6.07, 6.45) is 1.62. The van der Waals surface area contributed by atoms with E-state index in [0.717, 1.165) is 16.8 Å². The summed E-state index contributed by atoms with van der Waals surface area (Å²) in [6, 6.07) is 12.9. The molecule has 0 fully saturated rings. The second-order valence-corrected chi connectivity index (χ2v) is 6.49. The molecule has 0 bridgehead atoms. The van der Waals surface area contributed by atoms with Gasteiger partial charge in [0, 0.05) is 19.2 Å². The minimum Gasteiger partial charge on any atom is -0.491 e.